The molecule has 1 rings (SSSR count). The second-order valence-corrected chi connectivity index (χ2v) is 5.62. The molecule has 2 N–H and O–H groups in total. The molecule has 0 saturated carbocycles. The average molecular weight is 248 g/mol. The summed E-state index contributed by atoms with van der Waals surface area (Å²) in [6, 6.07) is 10.4. The van der Waals surface area contributed by atoms with Crippen LogP contribution in [0.4, 0.5) is 0 Å². The predicted octanol–water partition coefficient (Wildman–Crippen LogP) is 3.23. The zero-order valence-corrected chi connectivity index (χ0v) is 12.3. The molecule has 102 valence electrons. The van der Waals surface area contributed by atoms with E-state index < -0.39 is 0 Å². The summed E-state index contributed by atoms with van der Waals surface area (Å²) in [4.78, 5) is 2.46. The highest BCUT2D eigenvalue weighted by Gasteiger charge is 2.24. The summed E-state index contributed by atoms with van der Waals surface area (Å²) in [5.74, 6) is 0.733. The summed E-state index contributed by atoms with van der Waals surface area (Å²) in [5, 5.41) is 0. The molecule has 0 radical (unpaired) electrons. The standard InChI is InChI=1S/C16H28N2/c1-5-14(3)12-18(6-2)13-16(4,17)15-10-8-7-9-11-15/h7-11,14H,5-6,12-13,17H2,1-4H3. The molecule has 0 saturated heterocycles. The van der Waals surface area contributed by atoms with Gasteiger partial charge in [0.2, 0.25) is 0 Å². The van der Waals surface area contributed by atoms with Gasteiger partial charge in [0.15, 0.2) is 0 Å². The lowest BCUT2D eigenvalue weighted by Crippen LogP contribution is -2.46. The fourth-order valence-electron chi connectivity index (χ4n) is 2.25. The highest BCUT2D eigenvalue weighted by Crippen LogP contribution is 2.19. The third kappa shape index (κ3) is 4.43. The molecule has 1 aromatic rings. The van der Waals surface area contributed by atoms with E-state index in [0.29, 0.717) is 0 Å². The van der Waals surface area contributed by atoms with Crippen molar-refractivity contribution < 1.29 is 0 Å². The second kappa shape index (κ2) is 6.91. The van der Waals surface area contributed by atoms with E-state index in [2.05, 4.69) is 56.9 Å². The van der Waals surface area contributed by atoms with E-state index in [4.69, 9.17) is 5.73 Å². The molecule has 0 heterocycles. The van der Waals surface area contributed by atoms with E-state index >= 15 is 0 Å². The molecule has 0 aliphatic carbocycles. The first-order valence-corrected chi connectivity index (χ1v) is 7.06. The molecule has 1 aromatic carbocycles. The number of nitrogens with two attached hydrogens (primary N) is 1. The molecule has 0 aromatic heterocycles. The largest absolute Gasteiger partial charge is 0.321 e. The van der Waals surface area contributed by atoms with E-state index in [-0.39, 0.29) is 5.54 Å². The lowest BCUT2D eigenvalue weighted by atomic mass is 9.92. The maximum atomic E-state index is 6.49. The maximum Gasteiger partial charge on any atom is 0.0509 e. The van der Waals surface area contributed by atoms with Crippen LogP contribution < -0.4 is 5.73 Å². The van der Waals surface area contributed by atoms with Crippen LogP contribution in [0.3, 0.4) is 0 Å². The molecule has 2 atom stereocenters. The van der Waals surface area contributed by atoms with Crippen LogP contribution in [0, 0.1) is 5.92 Å². The van der Waals surface area contributed by atoms with Gasteiger partial charge >= 0.3 is 0 Å². The summed E-state index contributed by atoms with van der Waals surface area (Å²) in [5.41, 5.74) is 7.43. The summed E-state index contributed by atoms with van der Waals surface area (Å²) in [6.07, 6.45) is 1.23. The predicted molar refractivity (Wildman–Crippen MR) is 79.6 cm³/mol. The van der Waals surface area contributed by atoms with Gasteiger partial charge in [0.25, 0.3) is 0 Å². The molecule has 2 heteroatoms. The molecular weight excluding hydrogens is 220 g/mol. The minimum absolute atomic E-state index is 0.273. The topological polar surface area (TPSA) is 29.3 Å². The van der Waals surface area contributed by atoms with Crippen molar-refractivity contribution in [1.82, 2.24) is 4.90 Å². The molecule has 2 nitrogen and oxygen atoms in total. The van der Waals surface area contributed by atoms with Crippen LogP contribution in [0.15, 0.2) is 30.3 Å². The van der Waals surface area contributed by atoms with Gasteiger partial charge in [-0.1, -0.05) is 57.5 Å². The van der Waals surface area contributed by atoms with E-state index in [9.17, 15) is 0 Å². The fourth-order valence-corrected chi connectivity index (χ4v) is 2.25. The second-order valence-electron chi connectivity index (χ2n) is 5.62. The van der Waals surface area contributed by atoms with Gasteiger partial charge in [-0.2, -0.15) is 0 Å². The number of rotatable bonds is 7. The lowest BCUT2D eigenvalue weighted by Gasteiger charge is -2.33. The van der Waals surface area contributed by atoms with Crippen LogP contribution in [0.25, 0.3) is 0 Å². The normalized spacial score (nSPS) is 16.6. The third-order valence-corrected chi connectivity index (χ3v) is 3.70. The van der Waals surface area contributed by atoms with E-state index in [1.54, 1.807) is 0 Å². The van der Waals surface area contributed by atoms with Crippen molar-refractivity contribution in [3.05, 3.63) is 35.9 Å². The van der Waals surface area contributed by atoms with Crippen molar-refractivity contribution in [3.8, 4) is 0 Å². The van der Waals surface area contributed by atoms with Gasteiger partial charge in [0.05, 0.1) is 5.54 Å². The van der Waals surface area contributed by atoms with Crippen LogP contribution in [0.5, 0.6) is 0 Å². The first-order chi connectivity index (χ1) is 8.49. The SMILES string of the molecule is CCC(C)CN(CC)CC(C)(N)c1ccccc1. The Morgan fingerprint density at radius 1 is 1.22 bits per heavy atom. The maximum absolute atomic E-state index is 6.49. The molecule has 0 aliphatic heterocycles. The summed E-state index contributed by atoms with van der Waals surface area (Å²) < 4.78 is 0. The minimum atomic E-state index is -0.273. The number of nitrogens with zero attached hydrogens (tertiary/aromatic N) is 1. The smallest absolute Gasteiger partial charge is 0.0509 e. The van der Waals surface area contributed by atoms with Gasteiger partial charge in [-0.15, -0.1) is 0 Å². The molecule has 0 fully saturated rings. The van der Waals surface area contributed by atoms with Gasteiger partial charge in [-0.25, -0.2) is 0 Å². The van der Waals surface area contributed by atoms with Crippen LogP contribution in [-0.4, -0.2) is 24.5 Å². The van der Waals surface area contributed by atoms with E-state index in [0.717, 1.165) is 25.6 Å². The van der Waals surface area contributed by atoms with Crippen molar-refractivity contribution in [1.29, 1.82) is 0 Å². The first-order valence-electron chi connectivity index (χ1n) is 7.06. The number of likely N-dealkylation sites (N-methyl/N-ethyl adjacent to an activating group) is 1. The van der Waals surface area contributed by atoms with Crippen molar-refractivity contribution in [2.24, 2.45) is 11.7 Å². The quantitative estimate of drug-likeness (QED) is 0.802. The number of hydrogen-bond acceptors (Lipinski definition) is 2. The zero-order chi connectivity index (χ0) is 13.6. The fraction of sp³-hybridized carbons (Fsp3) is 0.625. The van der Waals surface area contributed by atoms with Crippen molar-refractivity contribution in [2.75, 3.05) is 19.6 Å². The van der Waals surface area contributed by atoms with Gasteiger partial charge in [0, 0.05) is 13.1 Å². The van der Waals surface area contributed by atoms with Crippen LogP contribution in [0.2, 0.25) is 0 Å². The van der Waals surface area contributed by atoms with Gasteiger partial charge < -0.3 is 10.6 Å². The van der Waals surface area contributed by atoms with Gasteiger partial charge in [-0.3, -0.25) is 0 Å². The average Bonchev–Trinajstić information content (AvgIpc) is 2.38. The molecular formula is C16H28N2. The third-order valence-electron chi connectivity index (χ3n) is 3.70. The first kappa shape index (κ1) is 15.2. The molecule has 18 heavy (non-hydrogen) atoms. The Morgan fingerprint density at radius 3 is 2.33 bits per heavy atom. The highest BCUT2D eigenvalue weighted by molar-refractivity contribution is 5.23. The Hall–Kier alpha value is -0.860. The Kier molecular flexibility index (Phi) is 5.83. The summed E-state index contributed by atoms with van der Waals surface area (Å²) >= 11 is 0. The van der Waals surface area contributed by atoms with E-state index in [1.807, 2.05) is 6.07 Å². The monoisotopic (exact) mass is 248 g/mol. The van der Waals surface area contributed by atoms with Crippen molar-refractivity contribution >= 4 is 0 Å². The van der Waals surface area contributed by atoms with E-state index in [1.165, 1.54) is 12.0 Å². The summed E-state index contributed by atoms with van der Waals surface area (Å²) in [6.45, 7) is 12.0. The van der Waals surface area contributed by atoms with Crippen LogP contribution in [0.1, 0.15) is 39.7 Å². The van der Waals surface area contributed by atoms with Crippen molar-refractivity contribution in [3.63, 3.8) is 0 Å². The van der Waals surface area contributed by atoms with Crippen LogP contribution >= 0.6 is 0 Å². The Bertz CT molecular complexity index is 332. The van der Waals surface area contributed by atoms with Gasteiger partial charge in [0.1, 0.15) is 0 Å². The molecule has 2 unspecified atom stereocenters. The van der Waals surface area contributed by atoms with Gasteiger partial charge in [-0.05, 0) is 24.9 Å². The molecule has 0 spiro atoms. The van der Waals surface area contributed by atoms with Crippen molar-refractivity contribution in [2.45, 2.75) is 39.7 Å². The van der Waals surface area contributed by atoms with Crippen LogP contribution in [-0.2, 0) is 5.54 Å². The Balaban J connectivity index is 2.68. The Morgan fingerprint density at radius 2 is 1.83 bits per heavy atom. The molecule has 0 bridgehead atoms. The highest BCUT2D eigenvalue weighted by atomic mass is 15.1. The zero-order valence-electron chi connectivity index (χ0n) is 12.3. The lowest BCUT2D eigenvalue weighted by molar-refractivity contribution is 0.199. The molecule has 0 aliphatic rings. The molecule has 0 amide bonds. The Labute approximate surface area is 112 Å². The number of benzene rings is 1. The summed E-state index contributed by atoms with van der Waals surface area (Å²) in [7, 11) is 0. The minimum Gasteiger partial charge on any atom is -0.321 e. The number of hydrogen-bond donors (Lipinski definition) is 1.